The maximum atomic E-state index is 12.2. The molecule has 1 fully saturated rings. The van der Waals surface area contributed by atoms with Crippen LogP contribution in [0.25, 0.3) is 0 Å². The summed E-state index contributed by atoms with van der Waals surface area (Å²) in [4.78, 5) is 36.3. The van der Waals surface area contributed by atoms with Crippen LogP contribution < -0.4 is 20.1 Å². The maximum absolute atomic E-state index is 12.2. The van der Waals surface area contributed by atoms with Crippen LogP contribution in [0, 0.1) is 0 Å². The summed E-state index contributed by atoms with van der Waals surface area (Å²) < 4.78 is 10.5. The molecule has 4 amide bonds. The minimum atomic E-state index is -0.629. The molecule has 1 atom stereocenters. The topological polar surface area (TPSA) is 97.0 Å². The van der Waals surface area contributed by atoms with Crippen LogP contribution in [0.15, 0.2) is 18.2 Å². The SMILES string of the molecule is COc1ccc(CCN(C)C(=O)CC[C@H]2NC(=O)NC2=O)cc1OC. The summed E-state index contributed by atoms with van der Waals surface area (Å²) in [6, 6.07) is 4.50. The van der Waals surface area contributed by atoms with Crippen LogP contribution in [0.5, 0.6) is 11.5 Å². The monoisotopic (exact) mass is 349 g/mol. The fraction of sp³-hybridized carbons (Fsp3) is 0.471. The Morgan fingerprint density at radius 3 is 2.52 bits per heavy atom. The highest BCUT2D eigenvalue weighted by Crippen LogP contribution is 2.27. The number of nitrogens with one attached hydrogen (secondary N) is 2. The van der Waals surface area contributed by atoms with E-state index in [1.165, 1.54) is 0 Å². The lowest BCUT2D eigenvalue weighted by Gasteiger charge is -2.18. The van der Waals surface area contributed by atoms with E-state index < -0.39 is 12.1 Å². The molecule has 1 aliphatic rings. The number of carbonyl (C=O) groups excluding carboxylic acids is 3. The molecular formula is C17H23N3O5. The average molecular weight is 349 g/mol. The first-order valence-electron chi connectivity index (χ1n) is 8.00. The quantitative estimate of drug-likeness (QED) is 0.673. The molecule has 2 rings (SSSR count). The van der Waals surface area contributed by atoms with Crippen LogP contribution in [-0.2, 0) is 16.0 Å². The first kappa shape index (κ1) is 18.6. The Morgan fingerprint density at radius 1 is 1.20 bits per heavy atom. The fourth-order valence-electron chi connectivity index (χ4n) is 2.58. The first-order valence-corrected chi connectivity index (χ1v) is 8.00. The Labute approximate surface area is 146 Å². The molecule has 1 aromatic carbocycles. The van der Waals surface area contributed by atoms with Crippen molar-refractivity contribution in [3.8, 4) is 11.5 Å². The molecule has 8 nitrogen and oxygen atoms in total. The second kappa shape index (κ2) is 8.36. The highest BCUT2D eigenvalue weighted by atomic mass is 16.5. The number of hydrogen-bond acceptors (Lipinski definition) is 5. The third kappa shape index (κ3) is 4.85. The molecule has 0 bridgehead atoms. The molecule has 136 valence electrons. The number of carbonyl (C=O) groups is 3. The van der Waals surface area contributed by atoms with Crippen LogP contribution in [0.4, 0.5) is 4.79 Å². The van der Waals surface area contributed by atoms with Crippen molar-refractivity contribution in [1.82, 2.24) is 15.5 Å². The van der Waals surface area contributed by atoms with Crippen molar-refractivity contribution in [2.24, 2.45) is 0 Å². The van der Waals surface area contributed by atoms with Crippen molar-refractivity contribution in [1.29, 1.82) is 0 Å². The Morgan fingerprint density at radius 2 is 1.92 bits per heavy atom. The number of hydrogen-bond donors (Lipinski definition) is 2. The highest BCUT2D eigenvalue weighted by Gasteiger charge is 2.29. The van der Waals surface area contributed by atoms with Crippen molar-refractivity contribution in [3.05, 3.63) is 23.8 Å². The van der Waals surface area contributed by atoms with Gasteiger partial charge in [-0.3, -0.25) is 14.9 Å². The minimum absolute atomic E-state index is 0.0746. The third-order valence-corrected chi connectivity index (χ3v) is 4.12. The Bertz CT molecular complexity index is 662. The lowest BCUT2D eigenvalue weighted by Crippen LogP contribution is -2.33. The highest BCUT2D eigenvalue weighted by molar-refractivity contribution is 6.04. The van der Waals surface area contributed by atoms with Gasteiger partial charge in [0.15, 0.2) is 11.5 Å². The van der Waals surface area contributed by atoms with Gasteiger partial charge in [-0.15, -0.1) is 0 Å². The number of methoxy groups -OCH3 is 2. The van der Waals surface area contributed by atoms with Crippen molar-refractivity contribution in [3.63, 3.8) is 0 Å². The van der Waals surface area contributed by atoms with E-state index in [9.17, 15) is 14.4 Å². The molecule has 8 heteroatoms. The molecule has 1 heterocycles. The van der Waals surface area contributed by atoms with E-state index in [2.05, 4.69) is 10.6 Å². The number of likely N-dealkylation sites (N-methyl/N-ethyl adjacent to an activating group) is 1. The zero-order valence-corrected chi connectivity index (χ0v) is 14.6. The molecule has 0 unspecified atom stereocenters. The summed E-state index contributed by atoms with van der Waals surface area (Å²) in [7, 11) is 4.88. The largest absolute Gasteiger partial charge is 0.493 e. The van der Waals surface area contributed by atoms with Crippen molar-refractivity contribution in [2.75, 3.05) is 27.8 Å². The van der Waals surface area contributed by atoms with Gasteiger partial charge in [-0.1, -0.05) is 6.07 Å². The number of benzene rings is 1. The molecule has 2 N–H and O–H groups in total. The lowest BCUT2D eigenvalue weighted by molar-refractivity contribution is -0.130. The second-order valence-corrected chi connectivity index (χ2v) is 5.81. The predicted octanol–water partition coefficient (Wildman–Crippen LogP) is 0.693. The summed E-state index contributed by atoms with van der Waals surface area (Å²) in [5.74, 6) is 0.852. The van der Waals surface area contributed by atoms with Gasteiger partial charge in [0.05, 0.1) is 14.2 Å². The second-order valence-electron chi connectivity index (χ2n) is 5.81. The molecule has 1 aromatic rings. The molecule has 0 aromatic heterocycles. The molecule has 1 aliphatic heterocycles. The van der Waals surface area contributed by atoms with Gasteiger partial charge in [-0.05, 0) is 30.5 Å². The zero-order chi connectivity index (χ0) is 18.4. The molecule has 25 heavy (non-hydrogen) atoms. The lowest BCUT2D eigenvalue weighted by atomic mass is 10.1. The zero-order valence-electron chi connectivity index (χ0n) is 14.6. The van der Waals surface area contributed by atoms with Gasteiger partial charge in [0, 0.05) is 20.0 Å². The van der Waals surface area contributed by atoms with Gasteiger partial charge < -0.3 is 19.7 Å². The van der Waals surface area contributed by atoms with E-state index in [-0.39, 0.29) is 24.7 Å². The van der Waals surface area contributed by atoms with Gasteiger partial charge in [0.25, 0.3) is 5.91 Å². The van der Waals surface area contributed by atoms with Gasteiger partial charge in [-0.2, -0.15) is 0 Å². The predicted molar refractivity (Wildman–Crippen MR) is 90.6 cm³/mol. The summed E-state index contributed by atoms with van der Waals surface area (Å²) in [5, 5.41) is 4.63. The molecule has 0 aliphatic carbocycles. The summed E-state index contributed by atoms with van der Waals surface area (Å²) in [6.07, 6.45) is 1.15. The van der Waals surface area contributed by atoms with Gasteiger partial charge in [0.1, 0.15) is 6.04 Å². The molecule has 0 spiro atoms. The van der Waals surface area contributed by atoms with E-state index in [1.54, 1.807) is 26.2 Å². The fourth-order valence-corrected chi connectivity index (χ4v) is 2.58. The van der Waals surface area contributed by atoms with Gasteiger partial charge in [-0.25, -0.2) is 4.79 Å². The average Bonchev–Trinajstić information content (AvgIpc) is 2.94. The van der Waals surface area contributed by atoms with E-state index in [4.69, 9.17) is 9.47 Å². The van der Waals surface area contributed by atoms with Crippen molar-refractivity contribution >= 4 is 17.8 Å². The summed E-state index contributed by atoms with van der Waals surface area (Å²) >= 11 is 0. The van der Waals surface area contributed by atoms with E-state index in [0.29, 0.717) is 24.5 Å². The Kier molecular flexibility index (Phi) is 6.21. The van der Waals surface area contributed by atoms with Gasteiger partial charge >= 0.3 is 6.03 Å². The van der Waals surface area contributed by atoms with Crippen LogP contribution in [0.3, 0.4) is 0 Å². The minimum Gasteiger partial charge on any atom is -0.493 e. The van der Waals surface area contributed by atoms with Crippen LogP contribution in [0.1, 0.15) is 18.4 Å². The Hall–Kier alpha value is -2.77. The molecule has 0 radical (unpaired) electrons. The summed E-state index contributed by atoms with van der Waals surface area (Å²) in [5.41, 5.74) is 1.03. The van der Waals surface area contributed by atoms with Crippen molar-refractivity contribution in [2.45, 2.75) is 25.3 Å². The number of nitrogens with zero attached hydrogens (tertiary/aromatic N) is 1. The van der Waals surface area contributed by atoms with E-state index in [1.807, 2.05) is 18.2 Å². The van der Waals surface area contributed by atoms with E-state index >= 15 is 0 Å². The first-order chi connectivity index (χ1) is 11.9. The number of rotatable bonds is 8. The maximum Gasteiger partial charge on any atom is 0.322 e. The number of urea groups is 1. The van der Waals surface area contributed by atoms with E-state index in [0.717, 1.165) is 5.56 Å². The van der Waals surface area contributed by atoms with Crippen LogP contribution in [0.2, 0.25) is 0 Å². The summed E-state index contributed by atoms with van der Waals surface area (Å²) in [6.45, 7) is 0.539. The molecule has 0 saturated carbocycles. The third-order valence-electron chi connectivity index (χ3n) is 4.12. The normalized spacial score (nSPS) is 16.2. The number of ether oxygens (including phenoxy) is 2. The Balaban J connectivity index is 1.81. The van der Waals surface area contributed by atoms with Gasteiger partial charge in [0.2, 0.25) is 5.91 Å². The number of imide groups is 1. The van der Waals surface area contributed by atoms with Crippen LogP contribution >= 0.6 is 0 Å². The smallest absolute Gasteiger partial charge is 0.322 e. The van der Waals surface area contributed by atoms with Crippen LogP contribution in [-0.4, -0.2) is 56.6 Å². The number of amides is 4. The molecule has 1 saturated heterocycles. The van der Waals surface area contributed by atoms with Crippen molar-refractivity contribution < 1.29 is 23.9 Å². The standard InChI is InChI=1S/C17H23N3O5/c1-20(15(21)7-5-12-16(22)19-17(23)18-12)9-8-11-4-6-13(24-2)14(10-11)25-3/h4,6,10,12H,5,7-9H2,1-3H3,(H2,18,19,22,23)/t12-/m1/s1. The molecular weight excluding hydrogens is 326 g/mol.